The Morgan fingerprint density at radius 2 is 1.60 bits per heavy atom. The largest absolute Gasteiger partial charge is 0.455 e. The van der Waals surface area contributed by atoms with E-state index in [-0.39, 0.29) is 30.3 Å². The molecule has 0 aliphatic carbocycles. The predicted octanol–water partition coefficient (Wildman–Crippen LogP) is 3.68. The fourth-order valence-electron chi connectivity index (χ4n) is 2.67. The van der Waals surface area contributed by atoms with Crippen LogP contribution >= 0.6 is 0 Å². The lowest BCUT2D eigenvalue weighted by atomic mass is 9.86. The summed E-state index contributed by atoms with van der Waals surface area (Å²) in [5.41, 5.74) is 1.93. The van der Waals surface area contributed by atoms with Crippen LogP contribution in [-0.4, -0.2) is 18.5 Å². The quantitative estimate of drug-likeness (QED) is 0.747. The standard InChI is InChI=1S/C21H25NO3/c1-3-16(2)20(18-12-8-5-9-13-18)21(24)25-15-19(23)22-14-17-10-6-4-7-11-17/h4-13,16,20H,3,14-15H2,1-2H3,(H,22,23)/t16-,20-/m1/s1. The Balaban J connectivity index is 1.89. The van der Waals surface area contributed by atoms with Crippen molar-refractivity contribution in [3.05, 3.63) is 71.8 Å². The third-order valence-corrected chi connectivity index (χ3v) is 4.30. The molecule has 0 bridgehead atoms. The molecule has 2 aromatic rings. The van der Waals surface area contributed by atoms with Gasteiger partial charge in [-0.15, -0.1) is 0 Å². The van der Waals surface area contributed by atoms with E-state index in [9.17, 15) is 9.59 Å². The summed E-state index contributed by atoms with van der Waals surface area (Å²) in [6.45, 7) is 4.23. The molecule has 4 heteroatoms. The minimum absolute atomic E-state index is 0.141. The van der Waals surface area contributed by atoms with Gasteiger partial charge in [0.2, 0.25) is 0 Å². The topological polar surface area (TPSA) is 55.4 Å². The lowest BCUT2D eigenvalue weighted by Gasteiger charge is -2.21. The predicted molar refractivity (Wildman–Crippen MR) is 97.9 cm³/mol. The van der Waals surface area contributed by atoms with Crippen molar-refractivity contribution in [3.8, 4) is 0 Å². The van der Waals surface area contributed by atoms with Crippen molar-refractivity contribution in [2.24, 2.45) is 5.92 Å². The molecule has 0 unspecified atom stereocenters. The molecule has 0 radical (unpaired) electrons. The van der Waals surface area contributed by atoms with Gasteiger partial charge < -0.3 is 10.1 Å². The lowest BCUT2D eigenvalue weighted by molar-refractivity contribution is -0.151. The van der Waals surface area contributed by atoms with Gasteiger partial charge in [-0.3, -0.25) is 9.59 Å². The molecule has 2 atom stereocenters. The van der Waals surface area contributed by atoms with Crippen LogP contribution in [0.1, 0.15) is 37.3 Å². The summed E-state index contributed by atoms with van der Waals surface area (Å²) in [6, 6.07) is 19.2. The Morgan fingerprint density at radius 3 is 2.20 bits per heavy atom. The van der Waals surface area contributed by atoms with Gasteiger partial charge in [-0.05, 0) is 17.0 Å². The van der Waals surface area contributed by atoms with Crippen molar-refractivity contribution < 1.29 is 14.3 Å². The summed E-state index contributed by atoms with van der Waals surface area (Å²) < 4.78 is 5.28. The summed E-state index contributed by atoms with van der Waals surface area (Å²) in [5, 5.41) is 2.76. The molecule has 0 spiro atoms. The van der Waals surface area contributed by atoms with E-state index in [2.05, 4.69) is 5.32 Å². The van der Waals surface area contributed by atoms with E-state index in [4.69, 9.17) is 4.74 Å². The highest BCUT2D eigenvalue weighted by atomic mass is 16.5. The van der Waals surface area contributed by atoms with Gasteiger partial charge in [-0.25, -0.2) is 0 Å². The van der Waals surface area contributed by atoms with E-state index in [1.165, 1.54) is 0 Å². The molecule has 1 N–H and O–H groups in total. The number of carbonyl (C=O) groups is 2. The van der Waals surface area contributed by atoms with Crippen molar-refractivity contribution in [2.75, 3.05) is 6.61 Å². The van der Waals surface area contributed by atoms with E-state index in [0.717, 1.165) is 17.5 Å². The van der Waals surface area contributed by atoms with Crippen molar-refractivity contribution in [3.63, 3.8) is 0 Å². The molecule has 0 saturated heterocycles. The SMILES string of the molecule is CC[C@@H](C)[C@@H](C(=O)OCC(=O)NCc1ccccc1)c1ccccc1. The van der Waals surface area contributed by atoms with Crippen molar-refractivity contribution in [1.29, 1.82) is 0 Å². The summed E-state index contributed by atoms with van der Waals surface area (Å²) in [7, 11) is 0. The number of rotatable bonds is 8. The molecule has 1 amide bonds. The minimum atomic E-state index is -0.354. The number of hydrogen-bond acceptors (Lipinski definition) is 3. The Labute approximate surface area is 149 Å². The first kappa shape index (κ1) is 18.7. The highest BCUT2D eigenvalue weighted by Gasteiger charge is 2.27. The van der Waals surface area contributed by atoms with Gasteiger partial charge in [0.1, 0.15) is 0 Å². The van der Waals surface area contributed by atoms with Gasteiger partial charge in [-0.1, -0.05) is 80.9 Å². The maximum absolute atomic E-state index is 12.5. The second-order valence-corrected chi connectivity index (χ2v) is 6.14. The monoisotopic (exact) mass is 339 g/mol. The van der Waals surface area contributed by atoms with Crippen LogP contribution in [-0.2, 0) is 20.9 Å². The number of benzene rings is 2. The Bertz CT molecular complexity index is 670. The van der Waals surface area contributed by atoms with E-state index in [0.29, 0.717) is 6.54 Å². The number of esters is 1. The summed E-state index contributed by atoms with van der Waals surface area (Å²) in [5.74, 6) is -0.862. The summed E-state index contributed by atoms with van der Waals surface area (Å²) in [6.07, 6.45) is 0.856. The third kappa shape index (κ3) is 5.75. The number of nitrogens with one attached hydrogen (secondary N) is 1. The minimum Gasteiger partial charge on any atom is -0.455 e. The van der Waals surface area contributed by atoms with Gasteiger partial charge in [0.05, 0.1) is 5.92 Å². The molecule has 0 heterocycles. The van der Waals surface area contributed by atoms with Crippen LogP contribution in [0.5, 0.6) is 0 Å². The molecule has 0 saturated carbocycles. The molecule has 0 aliphatic heterocycles. The van der Waals surface area contributed by atoms with E-state index >= 15 is 0 Å². The zero-order chi connectivity index (χ0) is 18.1. The highest BCUT2D eigenvalue weighted by molar-refractivity contribution is 5.83. The normalized spacial score (nSPS) is 12.9. The van der Waals surface area contributed by atoms with Crippen LogP contribution in [0.15, 0.2) is 60.7 Å². The summed E-state index contributed by atoms with van der Waals surface area (Å²) >= 11 is 0. The Morgan fingerprint density at radius 1 is 1.00 bits per heavy atom. The first-order chi connectivity index (χ1) is 12.1. The van der Waals surface area contributed by atoms with Crippen LogP contribution in [0.3, 0.4) is 0 Å². The number of ether oxygens (including phenoxy) is 1. The van der Waals surface area contributed by atoms with Gasteiger partial charge in [-0.2, -0.15) is 0 Å². The lowest BCUT2D eigenvalue weighted by Crippen LogP contribution is -2.30. The zero-order valence-electron chi connectivity index (χ0n) is 14.8. The molecule has 2 rings (SSSR count). The molecular weight excluding hydrogens is 314 g/mol. The third-order valence-electron chi connectivity index (χ3n) is 4.30. The number of amides is 1. The Kier molecular flexibility index (Phi) is 7.20. The molecule has 0 aromatic heterocycles. The van der Waals surface area contributed by atoms with Crippen LogP contribution in [0.25, 0.3) is 0 Å². The summed E-state index contributed by atoms with van der Waals surface area (Å²) in [4.78, 5) is 24.5. The molecule has 2 aromatic carbocycles. The molecule has 132 valence electrons. The Hall–Kier alpha value is -2.62. The van der Waals surface area contributed by atoms with Crippen LogP contribution < -0.4 is 5.32 Å². The first-order valence-corrected chi connectivity index (χ1v) is 8.64. The molecule has 4 nitrogen and oxygen atoms in total. The van der Waals surface area contributed by atoms with Gasteiger partial charge in [0.25, 0.3) is 5.91 Å². The van der Waals surface area contributed by atoms with Gasteiger partial charge >= 0.3 is 5.97 Å². The van der Waals surface area contributed by atoms with Crippen LogP contribution in [0, 0.1) is 5.92 Å². The smallest absolute Gasteiger partial charge is 0.314 e. The van der Waals surface area contributed by atoms with Crippen LogP contribution in [0.4, 0.5) is 0 Å². The van der Waals surface area contributed by atoms with Gasteiger partial charge in [0, 0.05) is 6.54 Å². The first-order valence-electron chi connectivity index (χ1n) is 8.64. The second kappa shape index (κ2) is 9.62. The van der Waals surface area contributed by atoms with Crippen molar-refractivity contribution in [1.82, 2.24) is 5.32 Å². The average Bonchev–Trinajstić information content (AvgIpc) is 2.66. The van der Waals surface area contributed by atoms with E-state index in [1.54, 1.807) is 0 Å². The fourth-order valence-corrected chi connectivity index (χ4v) is 2.67. The number of carbonyl (C=O) groups excluding carboxylic acids is 2. The maximum Gasteiger partial charge on any atom is 0.314 e. The fraction of sp³-hybridized carbons (Fsp3) is 0.333. The molecule has 25 heavy (non-hydrogen) atoms. The van der Waals surface area contributed by atoms with E-state index in [1.807, 2.05) is 74.5 Å². The highest BCUT2D eigenvalue weighted by Crippen LogP contribution is 2.28. The van der Waals surface area contributed by atoms with Crippen molar-refractivity contribution in [2.45, 2.75) is 32.7 Å². The molecular formula is C21H25NO3. The van der Waals surface area contributed by atoms with Crippen LogP contribution in [0.2, 0.25) is 0 Å². The molecule has 0 aliphatic rings. The van der Waals surface area contributed by atoms with Crippen molar-refractivity contribution >= 4 is 11.9 Å². The van der Waals surface area contributed by atoms with Gasteiger partial charge in [0.15, 0.2) is 6.61 Å². The zero-order valence-corrected chi connectivity index (χ0v) is 14.8. The second-order valence-electron chi connectivity index (χ2n) is 6.14. The molecule has 0 fully saturated rings. The number of hydrogen-bond donors (Lipinski definition) is 1. The van der Waals surface area contributed by atoms with E-state index < -0.39 is 0 Å². The average molecular weight is 339 g/mol. The maximum atomic E-state index is 12.5.